The van der Waals surface area contributed by atoms with E-state index in [2.05, 4.69) is 69.1 Å². The maximum atomic E-state index is 4.48. The summed E-state index contributed by atoms with van der Waals surface area (Å²) in [4.78, 5) is 0. The van der Waals surface area contributed by atoms with Gasteiger partial charge < -0.3 is 0 Å². The molecular weight excluding hydrogens is 408 g/mol. The maximum absolute atomic E-state index is 4.48. The van der Waals surface area contributed by atoms with Crippen molar-refractivity contribution < 1.29 is 0 Å². The van der Waals surface area contributed by atoms with Crippen molar-refractivity contribution in [2.45, 2.75) is 90.4 Å². The van der Waals surface area contributed by atoms with Crippen LogP contribution in [0.3, 0.4) is 0 Å². The van der Waals surface area contributed by atoms with Crippen molar-refractivity contribution in [1.29, 1.82) is 0 Å². The monoisotopic (exact) mass is 452 g/mol. The van der Waals surface area contributed by atoms with Gasteiger partial charge in [-0.05, 0) is 116 Å². The Morgan fingerprint density at radius 2 is 1.59 bits per heavy atom. The lowest BCUT2D eigenvalue weighted by atomic mass is 9.79. The van der Waals surface area contributed by atoms with Crippen LogP contribution in [-0.2, 0) is 25.7 Å². The summed E-state index contributed by atoms with van der Waals surface area (Å²) in [6, 6.07) is 15.9. The van der Waals surface area contributed by atoms with E-state index in [0.29, 0.717) is 0 Å². The highest BCUT2D eigenvalue weighted by Crippen LogP contribution is 2.34. The number of allylic oxidation sites excluding steroid dienone is 3. The van der Waals surface area contributed by atoms with Gasteiger partial charge in [-0.25, -0.2) is 0 Å². The molecule has 0 radical (unpaired) electrons. The third kappa shape index (κ3) is 6.84. The molecule has 0 heteroatoms. The Morgan fingerprint density at radius 3 is 2.41 bits per heavy atom. The van der Waals surface area contributed by atoms with E-state index in [1.165, 1.54) is 84.8 Å². The predicted molar refractivity (Wildman–Crippen MR) is 149 cm³/mol. The Balaban J connectivity index is 1.26. The molecule has 180 valence electrons. The minimum atomic E-state index is 0.862. The van der Waals surface area contributed by atoms with Crippen LogP contribution in [0.1, 0.15) is 92.5 Å². The predicted octanol–water partition coefficient (Wildman–Crippen LogP) is 9.47. The summed E-state index contributed by atoms with van der Waals surface area (Å²) in [6.07, 6.45) is 15.8. The quantitative estimate of drug-likeness (QED) is 0.298. The van der Waals surface area contributed by atoms with E-state index in [1.807, 2.05) is 0 Å². The van der Waals surface area contributed by atoms with Gasteiger partial charge in [0.25, 0.3) is 0 Å². The fraction of sp³-hybridized carbons (Fsp3) is 0.471. The maximum Gasteiger partial charge on any atom is -0.00696 e. The van der Waals surface area contributed by atoms with Gasteiger partial charge in [0.05, 0.1) is 0 Å². The zero-order valence-electron chi connectivity index (χ0n) is 21.5. The molecule has 0 spiro atoms. The van der Waals surface area contributed by atoms with Crippen molar-refractivity contribution in [3.05, 3.63) is 101 Å². The van der Waals surface area contributed by atoms with Gasteiger partial charge in [0.1, 0.15) is 0 Å². The molecule has 1 fully saturated rings. The van der Waals surface area contributed by atoms with E-state index in [0.717, 1.165) is 43.9 Å². The van der Waals surface area contributed by atoms with E-state index in [9.17, 15) is 0 Å². The summed E-state index contributed by atoms with van der Waals surface area (Å²) in [5, 5.41) is 0. The highest BCUT2D eigenvalue weighted by Gasteiger charge is 2.19. The van der Waals surface area contributed by atoms with Crippen molar-refractivity contribution >= 4 is 5.57 Å². The summed E-state index contributed by atoms with van der Waals surface area (Å²) in [5.74, 6) is 1.78. The zero-order valence-corrected chi connectivity index (χ0v) is 21.5. The van der Waals surface area contributed by atoms with E-state index in [-0.39, 0.29) is 0 Å². The first-order valence-corrected chi connectivity index (χ1v) is 13.7. The molecule has 34 heavy (non-hydrogen) atoms. The lowest BCUT2D eigenvalue weighted by Gasteiger charge is -2.26. The molecule has 0 heterocycles. The Morgan fingerprint density at radius 1 is 0.824 bits per heavy atom. The van der Waals surface area contributed by atoms with Crippen molar-refractivity contribution in [2.75, 3.05) is 0 Å². The molecule has 4 rings (SSSR count). The fourth-order valence-electron chi connectivity index (χ4n) is 6.01. The van der Waals surface area contributed by atoms with Crippen LogP contribution in [0.5, 0.6) is 0 Å². The third-order valence-electron chi connectivity index (χ3n) is 8.26. The molecule has 1 saturated carbocycles. The van der Waals surface area contributed by atoms with Gasteiger partial charge >= 0.3 is 0 Å². The minimum absolute atomic E-state index is 0.862. The largest absolute Gasteiger partial charge is 0.0998 e. The van der Waals surface area contributed by atoms with E-state index in [1.54, 1.807) is 11.1 Å². The summed E-state index contributed by atoms with van der Waals surface area (Å²) >= 11 is 0. The summed E-state index contributed by atoms with van der Waals surface area (Å²) < 4.78 is 0. The van der Waals surface area contributed by atoms with E-state index < -0.39 is 0 Å². The van der Waals surface area contributed by atoms with E-state index >= 15 is 0 Å². The SMILES string of the molecule is C=C(CCc1ccccc1C(=C)CCC(=C)CC1CCC(C)CC1)Cc1ccc2c(c1)CCC2. The third-order valence-corrected chi connectivity index (χ3v) is 8.26. The van der Waals surface area contributed by atoms with Crippen molar-refractivity contribution in [3.63, 3.8) is 0 Å². The molecule has 0 aromatic heterocycles. The second-order valence-corrected chi connectivity index (χ2v) is 11.2. The molecule has 2 aromatic rings. The van der Waals surface area contributed by atoms with Gasteiger partial charge in [0.2, 0.25) is 0 Å². The Labute approximate surface area is 208 Å². The molecule has 0 bridgehead atoms. The van der Waals surface area contributed by atoms with Crippen LogP contribution in [0, 0.1) is 11.8 Å². The second kappa shape index (κ2) is 11.9. The first kappa shape index (κ1) is 24.8. The average molecular weight is 453 g/mol. The van der Waals surface area contributed by atoms with Gasteiger partial charge in [0, 0.05) is 0 Å². The van der Waals surface area contributed by atoms with Crippen LogP contribution in [0.15, 0.2) is 73.3 Å². The molecule has 2 aliphatic carbocycles. The molecule has 0 aliphatic heterocycles. The van der Waals surface area contributed by atoms with Crippen molar-refractivity contribution in [3.8, 4) is 0 Å². The molecule has 0 nitrogen and oxygen atoms in total. The number of hydrogen-bond acceptors (Lipinski definition) is 0. The van der Waals surface area contributed by atoms with Gasteiger partial charge in [-0.3, -0.25) is 0 Å². The molecule has 0 unspecified atom stereocenters. The molecule has 2 aromatic carbocycles. The number of aryl methyl sites for hydroxylation is 3. The molecular formula is C34H44. The number of hydrogen-bond donors (Lipinski definition) is 0. The molecule has 0 N–H and O–H groups in total. The fourth-order valence-corrected chi connectivity index (χ4v) is 6.01. The van der Waals surface area contributed by atoms with Crippen LogP contribution in [0.2, 0.25) is 0 Å². The molecule has 0 saturated heterocycles. The Hall–Kier alpha value is -2.34. The summed E-state index contributed by atoms with van der Waals surface area (Å²) in [5.41, 5.74) is 11.3. The van der Waals surface area contributed by atoms with E-state index in [4.69, 9.17) is 0 Å². The van der Waals surface area contributed by atoms with Gasteiger partial charge in [-0.1, -0.05) is 93.1 Å². The lowest BCUT2D eigenvalue weighted by Crippen LogP contribution is -2.12. The first-order chi connectivity index (χ1) is 16.5. The van der Waals surface area contributed by atoms with Crippen LogP contribution >= 0.6 is 0 Å². The normalized spacial score (nSPS) is 19.6. The summed E-state index contributed by atoms with van der Waals surface area (Å²) in [6.45, 7) is 15.7. The minimum Gasteiger partial charge on any atom is -0.0998 e. The van der Waals surface area contributed by atoms with Gasteiger partial charge in [0.15, 0.2) is 0 Å². The van der Waals surface area contributed by atoms with Crippen LogP contribution in [0.25, 0.3) is 5.57 Å². The van der Waals surface area contributed by atoms with Gasteiger partial charge in [-0.15, -0.1) is 0 Å². The number of benzene rings is 2. The van der Waals surface area contributed by atoms with Crippen LogP contribution in [0.4, 0.5) is 0 Å². The van der Waals surface area contributed by atoms with Crippen LogP contribution in [-0.4, -0.2) is 0 Å². The Bertz CT molecular complexity index is 1010. The van der Waals surface area contributed by atoms with Crippen molar-refractivity contribution in [1.82, 2.24) is 0 Å². The smallest absolute Gasteiger partial charge is 0.00696 e. The first-order valence-electron chi connectivity index (χ1n) is 13.7. The highest BCUT2D eigenvalue weighted by molar-refractivity contribution is 5.66. The molecule has 0 amide bonds. The second-order valence-electron chi connectivity index (χ2n) is 11.2. The van der Waals surface area contributed by atoms with Crippen molar-refractivity contribution in [2.24, 2.45) is 11.8 Å². The average Bonchev–Trinajstić information content (AvgIpc) is 3.31. The summed E-state index contributed by atoms with van der Waals surface area (Å²) in [7, 11) is 0. The molecule has 0 atom stereocenters. The number of fused-ring (bicyclic) bond motifs is 1. The lowest BCUT2D eigenvalue weighted by molar-refractivity contribution is 0.287. The van der Waals surface area contributed by atoms with Crippen LogP contribution < -0.4 is 0 Å². The topological polar surface area (TPSA) is 0 Å². The number of rotatable bonds is 11. The van der Waals surface area contributed by atoms with Gasteiger partial charge in [-0.2, -0.15) is 0 Å². The Kier molecular flexibility index (Phi) is 8.65. The standard InChI is InChI=1S/C34H44/c1-25-13-17-29(18-14-25)22-26(2)12-16-28(4)34-11-6-5-8-32(34)20-15-27(3)23-30-19-21-31-9-7-10-33(31)24-30/h5-6,8,11,19,21,24-25,29H,2-4,7,9-10,12-18,20,22-23H2,1H3. The zero-order chi connectivity index (χ0) is 23.9. The highest BCUT2D eigenvalue weighted by atomic mass is 14.2. The molecule has 2 aliphatic rings.